The Morgan fingerprint density at radius 3 is 2.84 bits per heavy atom. The lowest BCUT2D eigenvalue weighted by molar-refractivity contribution is 0.0355. The highest BCUT2D eigenvalue weighted by Crippen LogP contribution is 2.41. The second kappa shape index (κ2) is 9.96. The Morgan fingerprint density at radius 2 is 2.11 bits per heavy atom. The second-order valence-electron chi connectivity index (χ2n) is 11.1. The van der Waals surface area contributed by atoms with Gasteiger partial charge in [0.2, 0.25) is 5.88 Å². The average molecular weight is 604 g/mol. The van der Waals surface area contributed by atoms with Crippen LogP contribution >= 0.6 is 27.5 Å². The summed E-state index contributed by atoms with van der Waals surface area (Å²) in [6.45, 7) is 6.84. The Kier molecular flexibility index (Phi) is 7.17. The molecule has 202 valence electrons. The lowest BCUT2D eigenvalue weighted by atomic mass is 9.89. The van der Waals surface area contributed by atoms with Crippen molar-refractivity contribution >= 4 is 44.5 Å². The molecule has 0 spiro atoms. The van der Waals surface area contributed by atoms with Gasteiger partial charge in [-0.15, -0.1) is 0 Å². The Hall–Kier alpha value is -1.98. The first-order chi connectivity index (χ1) is 17.4. The summed E-state index contributed by atoms with van der Waals surface area (Å²) >= 11 is 9.37. The van der Waals surface area contributed by atoms with Crippen molar-refractivity contribution in [1.29, 1.82) is 0 Å². The molecule has 2 aliphatic heterocycles. The van der Waals surface area contributed by atoms with Gasteiger partial charge in [-0.25, -0.2) is 13.6 Å². The minimum Gasteiger partial charge on any atom is -0.474 e. The van der Waals surface area contributed by atoms with E-state index in [2.05, 4.69) is 36.1 Å². The van der Waals surface area contributed by atoms with E-state index in [0.717, 1.165) is 19.4 Å². The zero-order valence-corrected chi connectivity index (χ0v) is 23.3. The summed E-state index contributed by atoms with van der Waals surface area (Å²) in [7, 11) is 0. The van der Waals surface area contributed by atoms with Gasteiger partial charge < -0.3 is 19.5 Å². The minimum absolute atomic E-state index is 0.00889. The van der Waals surface area contributed by atoms with Crippen molar-refractivity contribution in [2.45, 2.75) is 82.3 Å². The lowest BCUT2D eigenvalue weighted by Crippen LogP contribution is -2.50. The number of carbonyl (C=O) groups is 1. The first-order valence-corrected chi connectivity index (χ1v) is 13.6. The summed E-state index contributed by atoms with van der Waals surface area (Å²) in [6, 6.07) is 1.39. The van der Waals surface area contributed by atoms with Crippen LogP contribution in [0.1, 0.15) is 52.9 Å². The van der Waals surface area contributed by atoms with Crippen LogP contribution in [0.25, 0.3) is 10.9 Å². The highest BCUT2D eigenvalue weighted by molar-refractivity contribution is 9.10. The van der Waals surface area contributed by atoms with Gasteiger partial charge in [-0.05, 0) is 62.2 Å². The molecule has 3 heterocycles. The number of nitrogens with zero attached hydrogens (tertiary/aromatic N) is 3. The zero-order chi connectivity index (χ0) is 26.5. The number of benzene rings is 1. The van der Waals surface area contributed by atoms with Gasteiger partial charge in [0, 0.05) is 31.8 Å². The Balaban J connectivity index is 1.33. The molecular formula is C25H30BrClF2N4O4. The number of alkyl halides is 1. The number of hydrogen-bond acceptors (Lipinski definition) is 7. The van der Waals surface area contributed by atoms with E-state index in [-0.39, 0.29) is 45.7 Å². The minimum atomic E-state index is -0.892. The monoisotopic (exact) mass is 602 g/mol. The van der Waals surface area contributed by atoms with Crippen LogP contribution in [0.5, 0.6) is 11.9 Å². The highest BCUT2D eigenvalue weighted by atomic mass is 79.9. The third kappa shape index (κ3) is 5.59. The Bertz CT molecular complexity index is 1210. The van der Waals surface area contributed by atoms with Crippen LogP contribution in [0.4, 0.5) is 13.6 Å². The second-order valence-corrected chi connectivity index (χ2v) is 12.3. The van der Waals surface area contributed by atoms with E-state index in [1.54, 1.807) is 26.8 Å². The van der Waals surface area contributed by atoms with E-state index >= 15 is 4.39 Å². The number of ether oxygens (including phenoxy) is 3. The molecule has 37 heavy (non-hydrogen) atoms. The fraction of sp³-hybridized carbons (Fsp3) is 0.640. The number of amides is 1. The molecule has 1 N–H and O–H groups in total. The molecule has 0 bridgehead atoms. The number of rotatable bonds is 6. The summed E-state index contributed by atoms with van der Waals surface area (Å²) in [6.07, 6.45) is 1.62. The van der Waals surface area contributed by atoms with Gasteiger partial charge in [0.25, 0.3) is 0 Å². The molecule has 12 heteroatoms. The summed E-state index contributed by atoms with van der Waals surface area (Å²) in [5.41, 5.74) is -0.975. The van der Waals surface area contributed by atoms with E-state index in [4.69, 9.17) is 25.8 Å². The summed E-state index contributed by atoms with van der Waals surface area (Å²) in [5.74, 6) is -0.507. The molecule has 8 nitrogen and oxygen atoms in total. The van der Waals surface area contributed by atoms with Gasteiger partial charge in [-0.3, -0.25) is 4.90 Å². The van der Waals surface area contributed by atoms with Gasteiger partial charge in [0.05, 0.1) is 20.4 Å². The van der Waals surface area contributed by atoms with Crippen molar-refractivity contribution in [2.24, 2.45) is 0 Å². The van der Waals surface area contributed by atoms with E-state index in [1.165, 1.54) is 0 Å². The number of halogens is 4. The largest absolute Gasteiger partial charge is 0.474 e. The van der Waals surface area contributed by atoms with Crippen molar-refractivity contribution in [3.8, 4) is 11.9 Å². The molecule has 2 aromatic rings. The Labute approximate surface area is 227 Å². The molecule has 1 amide bonds. The molecule has 1 aliphatic carbocycles. The van der Waals surface area contributed by atoms with E-state index in [9.17, 15) is 9.18 Å². The zero-order valence-electron chi connectivity index (χ0n) is 21.0. The maximum Gasteiger partial charge on any atom is 0.407 e. The number of fused-ring (bicyclic) bond motifs is 2. The van der Waals surface area contributed by atoms with Gasteiger partial charge >= 0.3 is 12.1 Å². The average Bonchev–Trinajstić information content (AvgIpc) is 3.29. The van der Waals surface area contributed by atoms with Gasteiger partial charge in [0.15, 0.2) is 5.82 Å². The van der Waals surface area contributed by atoms with E-state index in [0.29, 0.717) is 31.2 Å². The van der Waals surface area contributed by atoms with Crippen molar-refractivity contribution in [3.63, 3.8) is 0 Å². The van der Waals surface area contributed by atoms with Crippen LogP contribution in [-0.4, -0.2) is 70.1 Å². The Morgan fingerprint density at radius 1 is 1.35 bits per heavy atom. The molecule has 3 fully saturated rings. The SMILES string of the molecule is CC(C)(C)OC(=O)N[C@H]1C[C@@H](Oc2nc(OC[C@@]34CCCN3C[C@H](F)C4)nc3c(F)c(Br)c(Cl)cc23)C1. The maximum absolute atomic E-state index is 15.1. The quantitative estimate of drug-likeness (QED) is 0.432. The molecule has 1 aromatic heterocycles. The van der Waals surface area contributed by atoms with Crippen molar-refractivity contribution in [2.75, 3.05) is 19.7 Å². The summed E-state index contributed by atoms with van der Waals surface area (Å²) in [5, 5.41) is 3.29. The third-order valence-corrected chi connectivity index (χ3v) is 8.40. The van der Waals surface area contributed by atoms with E-state index < -0.39 is 29.2 Å². The van der Waals surface area contributed by atoms with Gasteiger partial charge in [-0.1, -0.05) is 11.6 Å². The van der Waals surface area contributed by atoms with Crippen LogP contribution < -0.4 is 14.8 Å². The molecular weight excluding hydrogens is 574 g/mol. The molecule has 3 aliphatic rings. The van der Waals surface area contributed by atoms with Crippen molar-refractivity contribution in [1.82, 2.24) is 20.2 Å². The van der Waals surface area contributed by atoms with Crippen LogP contribution in [0, 0.1) is 5.82 Å². The van der Waals surface area contributed by atoms with Crippen LogP contribution in [0.2, 0.25) is 5.02 Å². The van der Waals surface area contributed by atoms with Crippen LogP contribution in [-0.2, 0) is 4.74 Å². The van der Waals surface area contributed by atoms with Crippen molar-refractivity contribution < 1.29 is 27.8 Å². The van der Waals surface area contributed by atoms with Gasteiger partial charge in [-0.2, -0.15) is 9.97 Å². The molecule has 2 atom stereocenters. The third-order valence-electron chi connectivity index (χ3n) is 7.10. The van der Waals surface area contributed by atoms with Gasteiger partial charge in [0.1, 0.15) is 30.0 Å². The summed E-state index contributed by atoms with van der Waals surface area (Å²) < 4.78 is 46.8. The number of hydrogen-bond donors (Lipinski definition) is 1. The normalized spacial score (nSPS) is 27.6. The molecule has 1 saturated carbocycles. The fourth-order valence-electron chi connectivity index (χ4n) is 5.34. The number of carbonyl (C=O) groups excluding carboxylic acids is 1. The molecule has 0 unspecified atom stereocenters. The number of nitrogens with one attached hydrogen (secondary N) is 1. The predicted octanol–water partition coefficient (Wildman–Crippen LogP) is 5.57. The molecule has 2 saturated heterocycles. The molecule has 0 radical (unpaired) electrons. The first kappa shape index (κ1) is 26.6. The maximum atomic E-state index is 15.1. The lowest BCUT2D eigenvalue weighted by Gasteiger charge is -2.36. The molecule has 5 rings (SSSR count). The van der Waals surface area contributed by atoms with E-state index in [1.807, 2.05) is 0 Å². The van der Waals surface area contributed by atoms with Crippen LogP contribution in [0.15, 0.2) is 10.5 Å². The summed E-state index contributed by atoms with van der Waals surface area (Å²) in [4.78, 5) is 22.9. The highest BCUT2D eigenvalue weighted by Gasteiger charge is 2.49. The number of alkyl carbamates (subject to hydrolysis) is 1. The van der Waals surface area contributed by atoms with Crippen molar-refractivity contribution in [3.05, 3.63) is 21.4 Å². The topological polar surface area (TPSA) is 85.8 Å². The number of aromatic nitrogens is 2. The smallest absolute Gasteiger partial charge is 0.407 e. The fourth-order valence-corrected chi connectivity index (χ4v) is 5.83. The molecule has 1 aromatic carbocycles. The predicted molar refractivity (Wildman–Crippen MR) is 138 cm³/mol. The standard InChI is InChI=1S/C25H30BrClF2N4O4/c1-24(2,3)37-23(34)30-14-7-15(8-14)36-21-16-9-17(27)18(26)19(29)20(16)31-22(32-21)35-12-25-5-4-6-33(25)11-13(28)10-25/h9,13-15H,4-8,10-12H2,1-3H3,(H,30,34)/t13-,14-,15+,25+/m1/s1. The first-order valence-electron chi connectivity index (χ1n) is 12.5. The van der Waals surface area contributed by atoms with Crippen LogP contribution in [0.3, 0.4) is 0 Å².